The van der Waals surface area contributed by atoms with Crippen molar-refractivity contribution in [3.05, 3.63) is 12.7 Å². The van der Waals surface area contributed by atoms with Crippen molar-refractivity contribution in [1.29, 1.82) is 0 Å². The number of nitrogens with zero attached hydrogens (tertiary/aromatic N) is 3. The summed E-state index contributed by atoms with van der Waals surface area (Å²) in [5, 5.41) is 0. The first-order chi connectivity index (χ1) is 6.93. The molecule has 14 heavy (non-hydrogen) atoms. The summed E-state index contributed by atoms with van der Waals surface area (Å²) >= 11 is 0. The fourth-order valence-corrected chi connectivity index (χ4v) is 1.33. The Morgan fingerprint density at radius 2 is 2.29 bits per heavy atom. The molecule has 2 heterocycles. The molecule has 2 aromatic heterocycles. The monoisotopic (exact) mass is 190 g/mol. The number of H-pyrrole nitrogens is 1. The van der Waals surface area contributed by atoms with Crippen molar-refractivity contribution in [2.24, 2.45) is 5.92 Å². The van der Waals surface area contributed by atoms with Gasteiger partial charge in [0, 0.05) is 0 Å². The lowest BCUT2D eigenvalue weighted by Crippen LogP contribution is -2.01. The minimum absolute atomic E-state index is 0.586. The van der Waals surface area contributed by atoms with Gasteiger partial charge < -0.3 is 9.72 Å². The molecule has 0 spiro atoms. The quantitative estimate of drug-likeness (QED) is 0.788. The average molecular weight is 190 g/mol. The SMILES string of the molecule is c1nc(OCC2CC2)c2nc[nH]c2n1. The highest BCUT2D eigenvalue weighted by molar-refractivity contribution is 5.74. The fraction of sp³-hybridized carbons (Fsp3) is 0.444. The standard InChI is InChI=1S/C9H10N4O/c1-2-6(1)3-14-9-7-8(11-4-10-7)12-5-13-9/h4-6H,1-3H2,(H,10,11,12,13). The van der Waals surface area contributed by atoms with Gasteiger partial charge in [-0.1, -0.05) is 0 Å². The van der Waals surface area contributed by atoms with Gasteiger partial charge in [-0.05, 0) is 18.8 Å². The molecule has 0 amide bonds. The van der Waals surface area contributed by atoms with E-state index in [1.54, 1.807) is 6.33 Å². The summed E-state index contributed by atoms with van der Waals surface area (Å²) in [6.07, 6.45) is 5.63. The van der Waals surface area contributed by atoms with Crippen LogP contribution in [-0.4, -0.2) is 26.5 Å². The molecule has 0 atom stereocenters. The number of fused-ring (bicyclic) bond motifs is 1. The predicted molar refractivity (Wildman–Crippen MR) is 49.9 cm³/mol. The maximum absolute atomic E-state index is 5.57. The molecule has 1 saturated carbocycles. The lowest BCUT2D eigenvalue weighted by molar-refractivity contribution is 0.291. The van der Waals surface area contributed by atoms with Gasteiger partial charge in [-0.2, -0.15) is 4.98 Å². The average Bonchev–Trinajstić information content (AvgIpc) is 2.91. The molecule has 72 valence electrons. The minimum atomic E-state index is 0.586. The van der Waals surface area contributed by atoms with Crippen LogP contribution in [0.1, 0.15) is 12.8 Å². The van der Waals surface area contributed by atoms with E-state index in [9.17, 15) is 0 Å². The van der Waals surface area contributed by atoms with Crippen molar-refractivity contribution in [2.75, 3.05) is 6.61 Å². The second kappa shape index (κ2) is 2.94. The molecule has 2 aromatic rings. The van der Waals surface area contributed by atoms with Crippen LogP contribution in [0, 0.1) is 5.92 Å². The molecule has 3 rings (SSSR count). The second-order valence-electron chi connectivity index (χ2n) is 3.53. The zero-order valence-corrected chi connectivity index (χ0v) is 7.60. The molecular formula is C9H10N4O. The molecule has 1 N–H and O–H groups in total. The van der Waals surface area contributed by atoms with Crippen LogP contribution in [0.4, 0.5) is 0 Å². The van der Waals surface area contributed by atoms with Crippen molar-refractivity contribution >= 4 is 11.2 Å². The Bertz CT molecular complexity index is 449. The molecular weight excluding hydrogens is 180 g/mol. The smallest absolute Gasteiger partial charge is 0.245 e. The van der Waals surface area contributed by atoms with Gasteiger partial charge in [0.1, 0.15) is 6.33 Å². The third kappa shape index (κ3) is 1.30. The molecule has 0 unspecified atom stereocenters. The van der Waals surface area contributed by atoms with E-state index in [2.05, 4.69) is 19.9 Å². The summed E-state index contributed by atoms with van der Waals surface area (Å²) in [5.41, 5.74) is 1.44. The van der Waals surface area contributed by atoms with E-state index in [1.807, 2.05) is 0 Å². The van der Waals surface area contributed by atoms with E-state index < -0.39 is 0 Å². The van der Waals surface area contributed by atoms with Crippen LogP contribution in [0.2, 0.25) is 0 Å². The summed E-state index contributed by atoms with van der Waals surface area (Å²) < 4.78 is 5.57. The Balaban J connectivity index is 1.89. The zero-order chi connectivity index (χ0) is 9.38. The predicted octanol–water partition coefficient (Wildman–Crippen LogP) is 1.14. The highest BCUT2D eigenvalue weighted by atomic mass is 16.5. The zero-order valence-electron chi connectivity index (χ0n) is 7.60. The van der Waals surface area contributed by atoms with Crippen LogP contribution in [-0.2, 0) is 0 Å². The van der Waals surface area contributed by atoms with Gasteiger partial charge in [-0.15, -0.1) is 0 Å². The van der Waals surface area contributed by atoms with Crippen LogP contribution in [0.3, 0.4) is 0 Å². The summed E-state index contributed by atoms with van der Waals surface area (Å²) in [7, 11) is 0. The number of ether oxygens (including phenoxy) is 1. The molecule has 0 aliphatic heterocycles. The Morgan fingerprint density at radius 3 is 3.14 bits per heavy atom. The number of aromatic nitrogens is 4. The van der Waals surface area contributed by atoms with Crippen molar-refractivity contribution in [3.8, 4) is 5.88 Å². The van der Waals surface area contributed by atoms with E-state index in [0.717, 1.165) is 18.2 Å². The molecule has 1 aliphatic rings. The Labute approximate surface area is 80.5 Å². The number of hydrogen-bond donors (Lipinski definition) is 1. The first kappa shape index (κ1) is 7.73. The van der Waals surface area contributed by atoms with Gasteiger partial charge in [0.15, 0.2) is 11.2 Å². The van der Waals surface area contributed by atoms with Crippen molar-refractivity contribution in [2.45, 2.75) is 12.8 Å². The molecule has 0 bridgehead atoms. The number of nitrogens with one attached hydrogen (secondary N) is 1. The molecule has 1 aliphatic carbocycles. The van der Waals surface area contributed by atoms with E-state index in [4.69, 9.17) is 4.74 Å². The third-order valence-electron chi connectivity index (χ3n) is 2.34. The van der Waals surface area contributed by atoms with Crippen LogP contribution in [0.5, 0.6) is 5.88 Å². The van der Waals surface area contributed by atoms with Gasteiger partial charge in [0.05, 0.1) is 12.9 Å². The maximum atomic E-state index is 5.57. The summed E-state index contributed by atoms with van der Waals surface area (Å²) in [4.78, 5) is 15.1. The molecule has 0 saturated heterocycles. The first-order valence-corrected chi connectivity index (χ1v) is 4.70. The van der Waals surface area contributed by atoms with Crippen LogP contribution in [0.15, 0.2) is 12.7 Å². The number of imidazole rings is 1. The first-order valence-electron chi connectivity index (χ1n) is 4.70. The normalized spacial score (nSPS) is 16.0. The summed E-state index contributed by atoms with van der Waals surface area (Å²) in [6, 6.07) is 0. The van der Waals surface area contributed by atoms with Gasteiger partial charge in [-0.25, -0.2) is 9.97 Å². The maximum Gasteiger partial charge on any atom is 0.245 e. The number of aromatic amines is 1. The minimum Gasteiger partial charge on any atom is -0.476 e. The molecule has 0 aromatic carbocycles. The van der Waals surface area contributed by atoms with Gasteiger partial charge in [0.25, 0.3) is 0 Å². The highest BCUT2D eigenvalue weighted by Crippen LogP contribution is 2.29. The third-order valence-corrected chi connectivity index (χ3v) is 2.34. The Morgan fingerprint density at radius 1 is 1.36 bits per heavy atom. The largest absolute Gasteiger partial charge is 0.476 e. The van der Waals surface area contributed by atoms with Gasteiger partial charge >= 0.3 is 0 Å². The molecule has 5 heteroatoms. The number of hydrogen-bond acceptors (Lipinski definition) is 4. The van der Waals surface area contributed by atoms with Crippen molar-refractivity contribution in [3.63, 3.8) is 0 Å². The molecule has 5 nitrogen and oxygen atoms in total. The lowest BCUT2D eigenvalue weighted by Gasteiger charge is -2.02. The Hall–Kier alpha value is -1.65. The van der Waals surface area contributed by atoms with Crippen molar-refractivity contribution in [1.82, 2.24) is 19.9 Å². The van der Waals surface area contributed by atoms with E-state index in [0.29, 0.717) is 11.4 Å². The summed E-state index contributed by atoms with van der Waals surface area (Å²) in [5.74, 6) is 1.31. The summed E-state index contributed by atoms with van der Waals surface area (Å²) in [6.45, 7) is 0.749. The van der Waals surface area contributed by atoms with Crippen LogP contribution in [0.25, 0.3) is 11.2 Å². The Kier molecular flexibility index (Phi) is 1.62. The van der Waals surface area contributed by atoms with Crippen molar-refractivity contribution < 1.29 is 4.74 Å². The fourth-order valence-electron chi connectivity index (χ4n) is 1.33. The lowest BCUT2D eigenvalue weighted by atomic mass is 10.4. The van der Waals surface area contributed by atoms with Crippen LogP contribution >= 0.6 is 0 Å². The van der Waals surface area contributed by atoms with Crippen LogP contribution < -0.4 is 4.74 Å². The van der Waals surface area contributed by atoms with E-state index in [1.165, 1.54) is 19.2 Å². The molecule has 1 fully saturated rings. The topological polar surface area (TPSA) is 63.7 Å². The highest BCUT2D eigenvalue weighted by Gasteiger charge is 2.22. The van der Waals surface area contributed by atoms with E-state index >= 15 is 0 Å². The molecule has 0 radical (unpaired) electrons. The second-order valence-corrected chi connectivity index (χ2v) is 3.53. The number of rotatable bonds is 3. The van der Waals surface area contributed by atoms with Gasteiger partial charge in [0.2, 0.25) is 5.88 Å². The van der Waals surface area contributed by atoms with Gasteiger partial charge in [-0.3, -0.25) is 0 Å². The van der Waals surface area contributed by atoms with E-state index in [-0.39, 0.29) is 0 Å².